The summed E-state index contributed by atoms with van der Waals surface area (Å²) in [5.74, 6) is 2.29. The molecule has 0 bridgehead atoms. The second-order valence-electron chi connectivity index (χ2n) is 4.21. The Labute approximate surface area is 110 Å². The summed E-state index contributed by atoms with van der Waals surface area (Å²) in [4.78, 5) is 19.1. The third-order valence-electron chi connectivity index (χ3n) is 2.76. The third-order valence-corrected chi connectivity index (χ3v) is 3.90. The molecule has 96 valence electrons. The van der Waals surface area contributed by atoms with Crippen molar-refractivity contribution in [2.75, 3.05) is 5.75 Å². The molecule has 0 spiro atoms. The highest BCUT2D eigenvalue weighted by atomic mass is 32.2. The molecule has 1 heterocycles. The first kappa shape index (κ1) is 13.1. The number of para-hydroxylation sites is 1. The lowest BCUT2D eigenvalue weighted by Gasteiger charge is -2.07. The Morgan fingerprint density at radius 3 is 3.00 bits per heavy atom. The van der Waals surface area contributed by atoms with Crippen molar-refractivity contribution >= 4 is 22.7 Å². The fraction of sp³-hybridized carbons (Fsp3) is 0.385. The van der Waals surface area contributed by atoms with Crippen molar-refractivity contribution in [3.8, 4) is 0 Å². The van der Waals surface area contributed by atoms with Gasteiger partial charge in [0.2, 0.25) is 0 Å². The number of H-pyrrole nitrogens is 1. The molecule has 0 aliphatic heterocycles. The highest BCUT2D eigenvalue weighted by Crippen LogP contribution is 2.12. The van der Waals surface area contributed by atoms with Crippen LogP contribution in [0.2, 0.25) is 0 Å². The Bertz CT molecular complexity index is 582. The van der Waals surface area contributed by atoms with Gasteiger partial charge < -0.3 is 10.7 Å². The Hall–Kier alpha value is -1.33. The quantitative estimate of drug-likeness (QED) is 0.864. The van der Waals surface area contributed by atoms with E-state index in [2.05, 4.69) is 16.9 Å². The summed E-state index contributed by atoms with van der Waals surface area (Å²) < 4.78 is 0. The second kappa shape index (κ2) is 6.02. The van der Waals surface area contributed by atoms with Crippen molar-refractivity contribution in [2.24, 2.45) is 5.73 Å². The maximum absolute atomic E-state index is 11.8. The first-order chi connectivity index (χ1) is 8.70. The van der Waals surface area contributed by atoms with Gasteiger partial charge in [-0.3, -0.25) is 4.79 Å². The molecule has 0 saturated heterocycles. The van der Waals surface area contributed by atoms with Crippen molar-refractivity contribution in [3.63, 3.8) is 0 Å². The van der Waals surface area contributed by atoms with Gasteiger partial charge in [0.25, 0.3) is 5.56 Å². The summed E-state index contributed by atoms with van der Waals surface area (Å²) in [6.45, 7) is 2.07. The zero-order chi connectivity index (χ0) is 13.0. The molecule has 2 aromatic rings. The maximum Gasteiger partial charge on any atom is 0.258 e. The first-order valence-corrected chi connectivity index (χ1v) is 7.17. The van der Waals surface area contributed by atoms with Crippen LogP contribution < -0.4 is 11.3 Å². The third kappa shape index (κ3) is 3.11. The number of fused-ring (bicyclic) bond motifs is 1. The number of thioether (sulfide) groups is 1. The minimum Gasteiger partial charge on any atom is -0.327 e. The number of hydrogen-bond acceptors (Lipinski definition) is 4. The Kier molecular flexibility index (Phi) is 4.38. The van der Waals surface area contributed by atoms with Crippen molar-refractivity contribution in [3.05, 3.63) is 40.4 Å². The van der Waals surface area contributed by atoms with Crippen molar-refractivity contribution < 1.29 is 0 Å². The molecule has 0 amide bonds. The number of aromatic amines is 1. The largest absolute Gasteiger partial charge is 0.327 e. The smallest absolute Gasteiger partial charge is 0.258 e. The monoisotopic (exact) mass is 263 g/mol. The molecular weight excluding hydrogens is 246 g/mol. The lowest BCUT2D eigenvalue weighted by molar-refractivity contribution is 0.724. The summed E-state index contributed by atoms with van der Waals surface area (Å²) >= 11 is 1.70. The fourth-order valence-electron chi connectivity index (χ4n) is 1.63. The van der Waals surface area contributed by atoms with E-state index in [1.165, 1.54) is 0 Å². The number of nitrogens with zero attached hydrogens (tertiary/aromatic N) is 1. The van der Waals surface area contributed by atoms with E-state index in [0.29, 0.717) is 17.0 Å². The summed E-state index contributed by atoms with van der Waals surface area (Å²) in [5, 5.41) is 0.636. The predicted molar refractivity (Wildman–Crippen MR) is 76.8 cm³/mol. The van der Waals surface area contributed by atoms with Crippen molar-refractivity contribution in [1.82, 2.24) is 9.97 Å². The molecule has 0 aliphatic carbocycles. The maximum atomic E-state index is 11.8. The number of nitrogens with one attached hydrogen (secondary N) is 1. The van der Waals surface area contributed by atoms with Crippen LogP contribution in [0.5, 0.6) is 0 Å². The zero-order valence-corrected chi connectivity index (χ0v) is 11.2. The van der Waals surface area contributed by atoms with Crippen LogP contribution in [0.4, 0.5) is 0 Å². The number of rotatable bonds is 5. The summed E-state index contributed by atoms with van der Waals surface area (Å²) in [5.41, 5.74) is 6.52. The summed E-state index contributed by atoms with van der Waals surface area (Å²) in [6.07, 6.45) is 0.967. The van der Waals surface area contributed by atoms with Crippen LogP contribution in [-0.2, 0) is 5.75 Å². The number of benzene rings is 1. The summed E-state index contributed by atoms with van der Waals surface area (Å²) in [6, 6.07) is 7.58. The van der Waals surface area contributed by atoms with Crippen LogP contribution in [0.15, 0.2) is 29.1 Å². The summed E-state index contributed by atoms with van der Waals surface area (Å²) in [7, 11) is 0. The first-order valence-electron chi connectivity index (χ1n) is 6.02. The molecule has 0 radical (unpaired) electrons. The van der Waals surface area contributed by atoms with Crippen LogP contribution in [0.3, 0.4) is 0 Å². The number of hydrogen-bond donors (Lipinski definition) is 2. The highest BCUT2D eigenvalue weighted by molar-refractivity contribution is 7.98. The molecule has 1 atom stereocenters. The van der Waals surface area contributed by atoms with Gasteiger partial charge in [0, 0.05) is 11.8 Å². The molecule has 4 nitrogen and oxygen atoms in total. The number of nitrogens with two attached hydrogens (primary N) is 1. The lowest BCUT2D eigenvalue weighted by atomic mass is 10.2. The minimum atomic E-state index is -0.0732. The molecule has 1 unspecified atom stereocenters. The van der Waals surface area contributed by atoms with E-state index >= 15 is 0 Å². The van der Waals surface area contributed by atoms with Gasteiger partial charge in [-0.2, -0.15) is 11.8 Å². The van der Waals surface area contributed by atoms with Gasteiger partial charge in [0.15, 0.2) is 0 Å². The van der Waals surface area contributed by atoms with E-state index in [9.17, 15) is 4.79 Å². The molecule has 0 aliphatic rings. The van der Waals surface area contributed by atoms with Gasteiger partial charge in [-0.15, -0.1) is 0 Å². The van der Waals surface area contributed by atoms with Crippen LogP contribution in [0.25, 0.3) is 10.9 Å². The standard InChI is InChI=1S/C13H17N3OS/c1-2-9(14)7-18-8-12-15-11-6-4-3-5-10(11)13(17)16-12/h3-6,9H,2,7-8,14H2,1H3,(H,15,16,17). The molecule has 1 aromatic carbocycles. The molecule has 5 heteroatoms. The minimum absolute atomic E-state index is 0.0732. The van der Waals surface area contributed by atoms with Crippen molar-refractivity contribution in [2.45, 2.75) is 25.1 Å². The van der Waals surface area contributed by atoms with Crippen LogP contribution in [0, 0.1) is 0 Å². The zero-order valence-electron chi connectivity index (χ0n) is 10.3. The van der Waals surface area contributed by atoms with Gasteiger partial charge >= 0.3 is 0 Å². The highest BCUT2D eigenvalue weighted by Gasteiger charge is 2.04. The Morgan fingerprint density at radius 1 is 1.44 bits per heavy atom. The average Bonchev–Trinajstić information content (AvgIpc) is 2.38. The van der Waals surface area contributed by atoms with Crippen LogP contribution in [0.1, 0.15) is 19.2 Å². The van der Waals surface area contributed by atoms with Crippen molar-refractivity contribution in [1.29, 1.82) is 0 Å². The Morgan fingerprint density at radius 2 is 2.22 bits per heavy atom. The van der Waals surface area contributed by atoms with E-state index in [1.54, 1.807) is 17.8 Å². The SMILES string of the molecule is CCC(N)CSCc1nc2ccccc2c(=O)[nH]1. The van der Waals surface area contributed by atoms with E-state index in [1.807, 2.05) is 18.2 Å². The normalized spacial score (nSPS) is 12.8. The van der Waals surface area contributed by atoms with E-state index in [-0.39, 0.29) is 11.6 Å². The molecule has 18 heavy (non-hydrogen) atoms. The fourth-order valence-corrected chi connectivity index (χ4v) is 2.61. The molecule has 0 fully saturated rings. The van der Waals surface area contributed by atoms with Gasteiger partial charge in [0.1, 0.15) is 5.82 Å². The number of aromatic nitrogens is 2. The lowest BCUT2D eigenvalue weighted by Crippen LogP contribution is -2.21. The van der Waals surface area contributed by atoms with Crippen LogP contribution >= 0.6 is 11.8 Å². The van der Waals surface area contributed by atoms with Gasteiger partial charge in [-0.25, -0.2) is 4.98 Å². The molecule has 2 rings (SSSR count). The molecule has 0 saturated carbocycles. The van der Waals surface area contributed by atoms with Gasteiger partial charge in [0.05, 0.1) is 16.7 Å². The molecule has 3 N–H and O–H groups in total. The predicted octanol–water partition coefficient (Wildman–Crippen LogP) is 1.89. The van der Waals surface area contributed by atoms with Gasteiger partial charge in [-0.05, 0) is 18.6 Å². The second-order valence-corrected chi connectivity index (χ2v) is 5.24. The Balaban J connectivity index is 2.12. The van der Waals surface area contributed by atoms with E-state index in [4.69, 9.17) is 5.73 Å². The van der Waals surface area contributed by atoms with E-state index in [0.717, 1.165) is 17.7 Å². The molecule has 1 aromatic heterocycles. The molecular formula is C13H17N3OS. The van der Waals surface area contributed by atoms with E-state index < -0.39 is 0 Å². The average molecular weight is 263 g/mol. The topological polar surface area (TPSA) is 71.8 Å². The van der Waals surface area contributed by atoms with Crippen LogP contribution in [-0.4, -0.2) is 21.8 Å². The van der Waals surface area contributed by atoms with Gasteiger partial charge in [-0.1, -0.05) is 19.1 Å².